The number of aromatic nitrogens is 1. The number of rotatable bonds is 6. The molecule has 1 amide bonds. The third kappa shape index (κ3) is 4.53. The molecular weight excluding hydrogens is 460 g/mol. The molecule has 5 N–H and O–H groups in total. The second-order valence-corrected chi connectivity index (χ2v) is 10.9. The highest BCUT2D eigenvalue weighted by Gasteiger charge is 2.39. The average molecular weight is 495 g/mol. The normalized spacial score (nSPS) is 22.6. The van der Waals surface area contributed by atoms with Crippen molar-refractivity contribution in [1.82, 2.24) is 4.57 Å². The molecule has 1 aromatic heterocycles. The fraction of sp³-hybridized carbons (Fsp3) is 0.519. The smallest absolute Gasteiger partial charge is 0.319 e. The zero-order chi connectivity index (χ0) is 25.6. The Balaban J connectivity index is 1.46. The molecule has 0 spiro atoms. The summed E-state index contributed by atoms with van der Waals surface area (Å²) in [7, 11) is 0. The van der Waals surface area contributed by atoms with E-state index in [9.17, 15) is 14.4 Å². The monoisotopic (exact) mass is 494 g/mol. The van der Waals surface area contributed by atoms with Gasteiger partial charge in [0.05, 0.1) is 31.0 Å². The summed E-state index contributed by atoms with van der Waals surface area (Å²) in [4.78, 5) is 36.9. The lowest BCUT2D eigenvalue weighted by Gasteiger charge is -2.31. The Bertz CT molecular complexity index is 1220. The molecule has 2 aliphatic carbocycles. The van der Waals surface area contributed by atoms with Crippen molar-refractivity contribution in [3.8, 4) is 5.69 Å². The molecule has 2 aromatic rings. The minimum absolute atomic E-state index is 0.110. The predicted octanol–water partition coefficient (Wildman–Crippen LogP) is 2.99. The fourth-order valence-corrected chi connectivity index (χ4v) is 5.92. The molecule has 2 heterocycles. The van der Waals surface area contributed by atoms with E-state index in [1.807, 2.05) is 12.1 Å². The lowest BCUT2D eigenvalue weighted by Crippen LogP contribution is -2.33. The number of nitrogens with one attached hydrogen (secondary N) is 1. The second kappa shape index (κ2) is 9.37. The first kappa shape index (κ1) is 24.5. The molecule has 1 aliphatic heterocycles. The van der Waals surface area contributed by atoms with Crippen molar-refractivity contribution in [2.24, 2.45) is 16.9 Å². The van der Waals surface area contributed by atoms with Gasteiger partial charge in [0.2, 0.25) is 0 Å². The number of carbonyl (C=O) groups is 3. The Hall–Kier alpha value is -3.17. The van der Waals surface area contributed by atoms with E-state index in [-0.39, 0.29) is 35.9 Å². The van der Waals surface area contributed by atoms with Crippen LogP contribution in [0.2, 0.25) is 0 Å². The van der Waals surface area contributed by atoms with Crippen LogP contribution in [0.5, 0.6) is 0 Å². The second-order valence-electron chi connectivity index (χ2n) is 10.9. The lowest BCUT2D eigenvalue weighted by atomic mass is 9.75. The van der Waals surface area contributed by atoms with Crippen LogP contribution in [0.3, 0.4) is 0 Å². The van der Waals surface area contributed by atoms with E-state index in [1.54, 1.807) is 6.07 Å². The average Bonchev–Trinajstić information content (AvgIpc) is 3.39. The highest BCUT2D eigenvalue weighted by molar-refractivity contribution is 6.01. The van der Waals surface area contributed by atoms with Crippen molar-refractivity contribution in [3.05, 3.63) is 46.3 Å². The summed E-state index contributed by atoms with van der Waals surface area (Å²) in [5, 5.41) is 3.52. The summed E-state index contributed by atoms with van der Waals surface area (Å²) in [5.41, 5.74) is 16.7. The minimum atomic E-state index is -0.506. The number of benzene rings is 1. The van der Waals surface area contributed by atoms with E-state index in [0.717, 1.165) is 60.3 Å². The van der Waals surface area contributed by atoms with Crippen molar-refractivity contribution in [1.29, 1.82) is 0 Å². The molecule has 0 bridgehead atoms. The van der Waals surface area contributed by atoms with Gasteiger partial charge in [-0.1, -0.05) is 13.8 Å². The minimum Gasteiger partial charge on any atom is -0.461 e. The SMILES string of the molecule is CC1(C)CC(=O)c2c3c(n(-c4ccc(C(N)=O)c(NC5CCC(OC(=O)CN)CC5)c4)c2C1)COC3. The van der Waals surface area contributed by atoms with E-state index in [4.69, 9.17) is 20.9 Å². The van der Waals surface area contributed by atoms with Crippen molar-refractivity contribution < 1.29 is 23.9 Å². The number of amides is 1. The molecule has 9 nitrogen and oxygen atoms in total. The maximum Gasteiger partial charge on any atom is 0.319 e. The van der Waals surface area contributed by atoms with Crippen LogP contribution >= 0.6 is 0 Å². The zero-order valence-corrected chi connectivity index (χ0v) is 20.9. The van der Waals surface area contributed by atoms with Crippen LogP contribution in [-0.4, -0.2) is 40.9 Å². The van der Waals surface area contributed by atoms with Crippen LogP contribution in [-0.2, 0) is 33.9 Å². The third-order valence-electron chi connectivity index (χ3n) is 7.55. The Kier molecular flexibility index (Phi) is 6.38. The van der Waals surface area contributed by atoms with Crippen molar-refractivity contribution >= 4 is 23.3 Å². The standard InChI is InChI=1S/C27H34N4O5/c1-27(2)10-21-25(23(32)11-27)19-13-35-14-22(19)31(21)16-5-8-18(26(29)34)20(9-16)30-15-3-6-17(7-4-15)36-24(33)12-28/h5,8-9,15,17,30H,3-4,6-7,10-14,28H2,1-2H3,(H2,29,34). The molecule has 0 radical (unpaired) electrons. The summed E-state index contributed by atoms with van der Waals surface area (Å²) < 4.78 is 13.3. The topological polar surface area (TPSA) is 139 Å². The van der Waals surface area contributed by atoms with Crippen LogP contribution in [0.4, 0.5) is 5.69 Å². The van der Waals surface area contributed by atoms with Gasteiger partial charge >= 0.3 is 5.97 Å². The molecule has 192 valence electrons. The van der Waals surface area contributed by atoms with Crippen LogP contribution in [0, 0.1) is 5.41 Å². The summed E-state index contributed by atoms with van der Waals surface area (Å²) >= 11 is 0. The number of nitrogens with two attached hydrogens (primary N) is 2. The van der Waals surface area contributed by atoms with E-state index in [2.05, 4.69) is 23.7 Å². The Morgan fingerprint density at radius 3 is 2.58 bits per heavy atom. The van der Waals surface area contributed by atoms with E-state index in [0.29, 0.717) is 30.9 Å². The van der Waals surface area contributed by atoms with Gasteiger partial charge in [-0.05, 0) is 55.7 Å². The first-order valence-corrected chi connectivity index (χ1v) is 12.6. The molecule has 0 saturated heterocycles. The van der Waals surface area contributed by atoms with Crippen LogP contribution in [0.1, 0.15) is 83.6 Å². The first-order valence-electron chi connectivity index (χ1n) is 12.6. The van der Waals surface area contributed by atoms with Gasteiger partial charge < -0.3 is 30.8 Å². The molecule has 1 fully saturated rings. The van der Waals surface area contributed by atoms with Crippen LogP contribution in [0.15, 0.2) is 18.2 Å². The van der Waals surface area contributed by atoms with E-state index >= 15 is 0 Å². The van der Waals surface area contributed by atoms with Crippen molar-refractivity contribution in [2.75, 3.05) is 11.9 Å². The molecule has 1 aromatic carbocycles. The van der Waals surface area contributed by atoms with Gasteiger partial charge in [-0.3, -0.25) is 14.4 Å². The number of hydrogen-bond donors (Lipinski definition) is 3. The summed E-state index contributed by atoms with van der Waals surface area (Å²) in [5.74, 6) is -0.724. The first-order chi connectivity index (χ1) is 17.2. The maximum absolute atomic E-state index is 13.1. The van der Waals surface area contributed by atoms with Gasteiger partial charge in [0, 0.05) is 40.7 Å². The molecule has 9 heteroatoms. The van der Waals surface area contributed by atoms with Gasteiger partial charge in [-0.15, -0.1) is 0 Å². The largest absolute Gasteiger partial charge is 0.461 e. The molecule has 0 unspecified atom stereocenters. The molecule has 36 heavy (non-hydrogen) atoms. The number of primary amides is 1. The van der Waals surface area contributed by atoms with E-state index < -0.39 is 5.91 Å². The van der Waals surface area contributed by atoms with Crippen molar-refractivity contribution in [3.63, 3.8) is 0 Å². The number of ether oxygens (including phenoxy) is 2. The highest BCUT2D eigenvalue weighted by Crippen LogP contribution is 2.42. The summed E-state index contributed by atoms with van der Waals surface area (Å²) in [6.45, 7) is 5.02. The van der Waals surface area contributed by atoms with Gasteiger partial charge in [-0.25, -0.2) is 0 Å². The van der Waals surface area contributed by atoms with Gasteiger partial charge in [-0.2, -0.15) is 0 Å². The number of ketones is 1. The van der Waals surface area contributed by atoms with Gasteiger partial charge in [0.25, 0.3) is 5.91 Å². The molecule has 0 atom stereocenters. The zero-order valence-electron chi connectivity index (χ0n) is 20.9. The number of fused-ring (bicyclic) bond motifs is 3. The number of esters is 1. The third-order valence-corrected chi connectivity index (χ3v) is 7.55. The maximum atomic E-state index is 13.1. The number of hydrogen-bond acceptors (Lipinski definition) is 7. The number of anilines is 1. The van der Waals surface area contributed by atoms with Crippen LogP contribution < -0.4 is 16.8 Å². The quantitative estimate of drug-likeness (QED) is 0.525. The number of Topliss-reactive ketones (excluding diaryl/α,β-unsaturated/α-hetero) is 1. The lowest BCUT2D eigenvalue weighted by molar-refractivity contribution is -0.148. The van der Waals surface area contributed by atoms with Crippen LogP contribution in [0.25, 0.3) is 5.69 Å². The fourth-order valence-electron chi connectivity index (χ4n) is 5.92. The molecule has 5 rings (SSSR count). The van der Waals surface area contributed by atoms with Gasteiger partial charge in [0.15, 0.2) is 5.78 Å². The molecule has 3 aliphatic rings. The predicted molar refractivity (Wildman–Crippen MR) is 134 cm³/mol. The number of carbonyl (C=O) groups excluding carboxylic acids is 3. The number of nitrogens with zero attached hydrogens (tertiary/aromatic N) is 1. The van der Waals surface area contributed by atoms with Crippen molar-refractivity contribution in [2.45, 2.75) is 77.7 Å². The Morgan fingerprint density at radius 1 is 1.14 bits per heavy atom. The summed E-state index contributed by atoms with van der Waals surface area (Å²) in [6, 6.07) is 5.70. The van der Waals surface area contributed by atoms with E-state index in [1.165, 1.54) is 0 Å². The Morgan fingerprint density at radius 2 is 1.89 bits per heavy atom. The molecular formula is C27H34N4O5. The molecule has 1 saturated carbocycles. The summed E-state index contributed by atoms with van der Waals surface area (Å²) in [6.07, 6.45) is 4.20. The Labute approximate surface area is 210 Å². The van der Waals surface area contributed by atoms with Gasteiger partial charge in [0.1, 0.15) is 6.10 Å². The highest BCUT2D eigenvalue weighted by atomic mass is 16.5.